The van der Waals surface area contributed by atoms with Crippen LogP contribution in [0.2, 0.25) is 10.0 Å². The van der Waals surface area contributed by atoms with Crippen LogP contribution in [0.4, 0.5) is 0 Å². The van der Waals surface area contributed by atoms with Crippen molar-refractivity contribution in [1.82, 2.24) is 14.8 Å². The van der Waals surface area contributed by atoms with E-state index in [0.717, 1.165) is 33.3 Å². The van der Waals surface area contributed by atoms with Gasteiger partial charge in [0.15, 0.2) is 5.76 Å². The minimum atomic E-state index is 0.686. The smallest absolute Gasteiger partial charge is 0.211 e. The Kier molecular flexibility index (Phi) is 4.72. The third kappa shape index (κ3) is 3.60. The number of furan rings is 1. The van der Waals surface area contributed by atoms with Crippen molar-refractivity contribution in [2.75, 3.05) is 0 Å². The van der Waals surface area contributed by atoms with Crippen molar-refractivity contribution < 1.29 is 4.42 Å². The van der Waals surface area contributed by atoms with E-state index in [2.05, 4.69) is 0 Å². The molecule has 0 unspecified atom stereocenters. The van der Waals surface area contributed by atoms with Gasteiger partial charge in [0.05, 0.1) is 17.7 Å². The molecule has 0 radical (unpaired) electrons. The number of nitrogens with zero attached hydrogens (tertiary/aromatic N) is 3. The fraction of sp³-hybridized carbons (Fsp3) is 0. The molecule has 2 aromatic carbocycles. The second kappa shape index (κ2) is 7.52. The van der Waals surface area contributed by atoms with E-state index < -0.39 is 0 Å². The molecule has 29 heavy (non-hydrogen) atoms. The van der Waals surface area contributed by atoms with Gasteiger partial charge in [0.25, 0.3) is 0 Å². The van der Waals surface area contributed by atoms with Crippen molar-refractivity contribution in [1.29, 1.82) is 0 Å². The lowest BCUT2D eigenvalue weighted by Crippen LogP contribution is -1.98. The van der Waals surface area contributed by atoms with Crippen molar-refractivity contribution in [3.05, 3.63) is 88.4 Å². The minimum Gasteiger partial charge on any atom is -0.463 e. The van der Waals surface area contributed by atoms with Crippen molar-refractivity contribution in [2.24, 2.45) is 0 Å². The largest absolute Gasteiger partial charge is 0.463 e. The van der Waals surface area contributed by atoms with Crippen LogP contribution in [0.5, 0.6) is 0 Å². The van der Waals surface area contributed by atoms with Crippen LogP contribution in [0.1, 0.15) is 0 Å². The number of rotatable bonds is 4. The number of benzene rings is 2. The molecule has 0 N–H and O–H groups in total. The maximum atomic E-state index is 6.07. The Morgan fingerprint density at radius 2 is 1.52 bits per heavy atom. The monoisotopic (exact) mass is 437 g/mol. The van der Waals surface area contributed by atoms with Gasteiger partial charge in [0, 0.05) is 26.6 Å². The van der Waals surface area contributed by atoms with Gasteiger partial charge in [-0.15, -0.1) is 11.3 Å². The van der Waals surface area contributed by atoms with Gasteiger partial charge >= 0.3 is 0 Å². The molecule has 5 rings (SSSR count). The molecule has 0 saturated carbocycles. The predicted octanol–water partition coefficient (Wildman–Crippen LogP) is 7.23. The van der Waals surface area contributed by atoms with Gasteiger partial charge in [0.2, 0.25) is 5.13 Å². The second-order valence-corrected chi connectivity index (χ2v) is 8.04. The standard InChI is InChI=1S/C22H13Cl2N3OS/c23-16-7-3-14(4-8-16)19-13-29-22(25-19)27-20(15-5-9-17(24)10-6-15)12-18(26-27)21-2-1-11-28-21/h1-13H. The maximum absolute atomic E-state index is 6.07. The molecule has 5 aromatic rings. The number of thiazole rings is 1. The molecular formula is C22H13Cl2N3OS. The predicted molar refractivity (Wildman–Crippen MR) is 118 cm³/mol. The van der Waals surface area contributed by atoms with Gasteiger partial charge in [-0.1, -0.05) is 47.5 Å². The number of hydrogen-bond donors (Lipinski definition) is 0. The van der Waals surface area contributed by atoms with Crippen LogP contribution in [-0.2, 0) is 0 Å². The molecule has 0 amide bonds. The summed E-state index contributed by atoms with van der Waals surface area (Å²) in [5.41, 5.74) is 4.51. The minimum absolute atomic E-state index is 0.686. The Morgan fingerprint density at radius 1 is 0.828 bits per heavy atom. The summed E-state index contributed by atoms with van der Waals surface area (Å²) in [6, 6.07) is 21.0. The maximum Gasteiger partial charge on any atom is 0.211 e. The van der Waals surface area contributed by atoms with Gasteiger partial charge in [-0.25, -0.2) is 9.67 Å². The lowest BCUT2D eigenvalue weighted by molar-refractivity contribution is 0.579. The lowest BCUT2D eigenvalue weighted by Gasteiger charge is -2.04. The SMILES string of the molecule is Clc1ccc(-c2csc(-n3nc(-c4ccco4)cc3-c3ccc(Cl)cc3)n2)cc1. The van der Waals surface area contributed by atoms with Crippen LogP contribution in [-0.4, -0.2) is 14.8 Å². The average Bonchev–Trinajstić information content (AvgIpc) is 3.48. The quantitative estimate of drug-likeness (QED) is 0.297. The van der Waals surface area contributed by atoms with Crippen LogP contribution >= 0.6 is 34.5 Å². The van der Waals surface area contributed by atoms with Gasteiger partial charge < -0.3 is 4.42 Å². The summed E-state index contributed by atoms with van der Waals surface area (Å²) < 4.78 is 7.38. The Balaban J connectivity index is 1.62. The molecule has 3 heterocycles. The highest BCUT2D eigenvalue weighted by Crippen LogP contribution is 2.32. The molecule has 0 aliphatic carbocycles. The van der Waals surface area contributed by atoms with Crippen LogP contribution < -0.4 is 0 Å². The van der Waals surface area contributed by atoms with E-state index in [4.69, 9.17) is 37.7 Å². The van der Waals surface area contributed by atoms with Crippen LogP contribution in [0.3, 0.4) is 0 Å². The normalized spacial score (nSPS) is 11.1. The van der Waals surface area contributed by atoms with Crippen molar-refractivity contribution in [3.63, 3.8) is 0 Å². The zero-order chi connectivity index (χ0) is 19.8. The van der Waals surface area contributed by atoms with Crippen LogP contribution in [0, 0.1) is 0 Å². The molecule has 0 atom stereocenters. The van der Waals surface area contributed by atoms with E-state index in [1.807, 2.05) is 76.8 Å². The Morgan fingerprint density at radius 3 is 2.17 bits per heavy atom. The summed E-state index contributed by atoms with van der Waals surface area (Å²) in [6.07, 6.45) is 1.64. The van der Waals surface area contributed by atoms with E-state index in [-0.39, 0.29) is 0 Å². The number of hydrogen-bond acceptors (Lipinski definition) is 4. The third-order valence-electron chi connectivity index (χ3n) is 4.44. The van der Waals surface area contributed by atoms with E-state index >= 15 is 0 Å². The Labute approximate surface area is 181 Å². The van der Waals surface area contributed by atoms with Crippen molar-refractivity contribution in [3.8, 4) is 39.1 Å². The van der Waals surface area contributed by atoms with Crippen LogP contribution in [0.15, 0.2) is 82.8 Å². The lowest BCUT2D eigenvalue weighted by atomic mass is 10.1. The zero-order valence-electron chi connectivity index (χ0n) is 14.9. The molecule has 0 saturated heterocycles. The van der Waals surface area contributed by atoms with Crippen LogP contribution in [0.25, 0.3) is 39.1 Å². The molecule has 0 aliphatic heterocycles. The van der Waals surface area contributed by atoms with Gasteiger partial charge in [-0.3, -0.25) is 0 Å². The molecule has 0 aliphatic rings. The highest BCUT2D eigenvalue weighted by atomic mass is 35.5. The first-order valence-electron chi connectivity index (χ1n) is 8.79. The highest BCUT2D eigenvalue weighted by molar-refractivity contribution is 7.12. The first kappa shape index (κ1) is 18.2. The zero-order valence-corrected chi connectivity index (χ0v) is 17.2. The summed E-state index contributed by atoms with van der Waals surface area (Å²) in [5.74, 6) is 0.702. The van der Waals surface area contributed by atoms with E-state index in [1.54, 1.807) is 6.26 Å². The average molecular weight is 438 g/mol. The topological polar surface area (TPSA) is 43.9 Å². The Hall–Kier alpha value is -2.86. The molecule has 7 heteroatoms. The summed E-state index contributed by atoms with van der Waals surface area (Å²) in [6.45, 7) is 0. The first-order valence-corrected chi connectivity index (χ1v) is 10.4. The molecule has 0 fully saturated rings. The van der Waals surface area contributed by atoms with Crippen molar-refractivity contribution in [2.45, 2.75) is 0 Å². The van der Waals surface area contributed by atoms with E-state index in [0.29, 0.717) is 15.8 Å². The van der Waals surface area contributed by atoms with Gasteiger partial charge in [0.1, 0.15) is 5.69 Å². The number of halogens is 2. The molecule has 4 nitrogen and oxygen atoms in total. The van der Waals surface area contributed by atoms with Gasteiger partial charge in [-0.05, 0) is 42.5 Å². The van der Waals surface area contributed by atoms with Gasteiger partial charge in [-0.2, -0.15) is 5.10 Å². The summed E-state index contributed by atoms with van der Waals surface area (Å²) in [5, 5.41) is 8.92. The van der Waals surface area contributed by atoms with E-state index in [1.165, 1.54) is 11.3 Å². The summed E-state index contributed by atoms with van der Waals surface area (Å²) >= 11 is 13.6. The molecule has 3 aromatic heterocycles. The summed E-state index contributed by atoms with van der Waals surface area (Å²) in [4.78, 5) is 4.80. The number of aromatic nitrogens is 3. The fourth-order valence-corrected chi connectivity index (χ4v) is 4.06. The summed E-state index contributed by atoms with van der Waals surface area (Å²) in [7, 11) is 0. The third-order valence-corrected chi connectivity index (χ3v) is 5.76. The van der Waals surface area contributed by atoms with E-state index in [9.17, 15) is 0 Å². The first-order chi connectivity index (χ1) is 14.2. The molecule has 0 bridgehead atoms. The highest BCUT2D eigenvalue weighted by Gasteiger charge is 2.17. The fourth-order valence-electron chi connectivity index (χ4n) is 3.01. The second-order valence-electron chi connectivity index (χ2n) is 6.33. The Bertz CT molecular complexity index is 1260. The molecule has 142 valence electrons. The molecule has 0 spiro atoms. The molecular weight excluding hydrogens is 425 g/mol. The van der Waals surface area contributed by atoms with Crippen molar-refractivity contribution >= 4 is 34.5 Å².